The molecule has 76 valence electrons. The summed E-state index contributed by atoms with van der Waals surface area (Å²) >= 11 is 0. The molecule has 3 heteroatoms. The van der Waals surface area contributed by atoms with Gasteiger partial charge in [0.25, 0.3) is 0 Å². The first-order valence-corrected chi connectivity index (χ1v) is 4.82. The molecule has 1 N–H and O–H groups in total. The van der Waals surface area contributed by atoms with Crippen molar-refractivity contribution in [1.29, 1.82) is 0 Å². The third-order valence-corrected chi connectivity index (χ3v) is 2.04. The Bertz CT molecular complexity index is 347. The molecule has 0 aliphatic heterocycles. The quantitative estimate of drug-likeness (QED) is 0.741. The van der Waals surface area contributed by atoms with E-state index in [9.17, 15) is 0 Å². The monoisotopic (exact) mass is 191 g/mol. The van der Waals surface area contributed by atoms with Gasteiger partial charge in [0.2, 0.25) is 0 Å². The Labute approximate surface area is 85.1 Å². The molecule has 0 aliphatic carbocycles. The van der Waals surface area contributed by atoms with Crippen LogP contribution in [-0.4, -0.2) is 16.3 Å². The van der Waals surface area contributed by atoms with Gasteiger partial charge in [0.1, 0.15) is 0 Å². The first-order chi connectivity index (χ1) is 6.72. The second-order valence-corrected chi connectivity index (χ2v) is 3.02. The number of hydrogen-bond donors (Lipinski definition) is 1. The van der Waals surface area contributed by atoms with Gasteiger partial charge >= 0.3 is 0 Å². The summed E-state index contributed by atoms with van der Waals surface area (Å²) in [6, 6.07) is 0. The zero-order chi connectivity index (χ0) is 10.6. The standard InChI is InChI=1S/C11H17N3/c1-5-10(6-2)14-8-11(12-7-3)9(4)13-14/h5-6,8,12H,1,7H2,2-4H3. The normalized spacial score (nSPS) is 11.5. The maximum absolute atomic E-state index is 4.39. The first-order valence-electron chi connectivity index (χ1n) is 4.82. The molecule has 0 atom stereocenters. The van der Waals surface area contributed by atoms with Gasteiger partial charge in [0.15, 0.2) is 0 Å². The van der Waals surface area contributed by atoms with Crippen molar-refractivity contribution in [3.8, 4) is 0 Å². The van der Waals surface area contributed by atoms with Crippen LogP contribution < -0.4 is 5.32 Å². The fourth-order valence-electron chi connectivity index (χ4n) is 1.30. The first kappa shape index (κ1) is 10.6. The van der Waals surface area contributed by atoms with Gasteiger partial charge in [-0.05, 0) is 26.8 Å². The number of nitrogens with one attached hydrogen (secondary N) is 1. The summed E-state index contributed by atoms with van der Waals surface area (Å²) in [7, 11) is 0. The van der Waals surface area contributed by atoms with Crippen LogP contribution in [0.15, 0.2) is 24.9 Å². The minimum Gasteiger partial charge on any atom is -0.383 e. The van der Waals surface area contributed by atoms with Gasteiger partial charge in [-0.15, -0.1) is 0 Å². The van der Waals surface area contributed by atoms with E-state index in [0.717, 1.165) is 23.6 Å². The van der Waals surface area contributed by atoms with Gasteiger partial charge in [-0.1, -0.05) is 12.7 Å². The second-order valence-electron chi connectivity index (χ2n) is 3.02. The number of rotatable bonds is 4. The van der Waals surface area contributed by atoms with Crippen molar-refractivity contribution in [2.45, 2.75) is 20.8 Å². The van der Waals surface area contributed by atoms with E-state index in [-0.39, 0.29) is 0 Å². The second kappa shape index (κ2) is 4.65. The van der Waals surface area contributed by atoms with E-state index < -0.39 is 0 Å². The molecule has 0 aromatic carbocycles. The van der Waals surface area contributed by atoms with Gasteiger partial charge in [-0.3, -0.25) is 0 Å². The zero-order valence-corrected chi connectivity index (χ0v) is 9.04. The Morgan fingerprint density at radius 1 is 1.71 bits per heavy atom. The number of nitrogens with zero attached hydrogens (tertiary/aromatic N) is 2. The van der Waals surface area contributed by atoms with Crippen molar-refractivity contribution in [1.82, 2.24) is 9.78 Å². The van der Waals surface area contributed by atoms with Crippen molar-refractivity contribution in [2.75, 3.05) is 11.9 Å². The predicted molar refractivity (Wildman–Crippen MR) is 61.3 cm³/mol. The van der Waals surface area contributed by atoms with Crippen molar-refractivity contribution >= 4 is 11.4 Å². The molecule has 0 fully saturated rings. The van der Waals surface area contributed by atoms with Crippen molar-refractivity contribution in [3.63, 3.8) is 0 Å². The van der Waals surface area contributed by atoms with E-state index in [4.69, 9.17) is 0 Å². The number of hydrogen-bond acceptors (Lipinski definition) is 2. The Morgan fingerprint density at radius 3 is 2.93 bits per heavy atom. The molecule has 0 aliphatic rings. The van der Waals surface area contributed by atoms with Gasteiger partial charge in [-0.25, -0.2) is 4.68 Å². The highest BCUT2D eigenvalue weighted by atomic mass is 15.3. The Morgan fingerprint density at radius 2 is 2.43 bits per heavy atom. The molecule has 0 saturated carbocycles. The van der Waals surface area contributed by atoms with Crippen LogP contribution in [0.5, 0.6) is 0 Å². The molecular weight excluding hydrogens is 174 g/mol. The lowest BCUT2D eigenvalue weighted by Crippen LogP contribution is -1.96. The third kappa shape index (κ3) is 2.05. The van der Waals surface area contributed by atoms with Crippen LogP contribution in [-0.2, 0) is 0 Å². The van der Waals surface area contributed by atoms with Gasteiger partial charge < -0.3 is 5.32 Å². The van der Waals surface area contributed by atoms with Crippen LogP contribution in [0.2, 0.25) is 0 Å². The number of allylic oxidation sites excluding steroid dienone is 3. The minimum absolute atomic E-state index is 0.909. The summed E-state index contributed by atoms with van der Waals surface area (Å²) < 4.78 is 1.83. The summed E-state index contributed by atoms with van der Waals surface area (Å²) in [5, 5.41) is 7.64. The van der Waals surface area contributed by atoms with Crippen molar-refractivity contribution in [2.24, 2.45) is 0 Å². The zero-order valence-electron chi connectivity index (χ0n) is 9.04. The molecule has 0 saturated heterocycles. The highest BCUT2D eigenvalue weighted by molar-refractivity contribution is 5.58. The third-order valence-electron chi connectivity index (χ3n) is 2.04. The number of aryl methyl sites for hydroxylation is 1. The van der Waals surface area contributed by atoms with Crippen LogP contribution in [0.25, 0.3) is 5.70 Å². The topological polar surface area (TPSA) is 29.9 Å². The molecule has 1 rings (SSSR count). The van der Waals surface area contributed by atoms with Crippen molar-refractivity contribution < 1.29 is 0 Å². The summed E-state index contributed by atoms with van der Waals surface area (Å²) in [5.74, 6) is 0. The molecule has 0 unspecified atom stereocenters. The van der Waals surface area contributed by atoms with Crippen LogP contribution in [0.3, 0.4) is 0 Å². The van der Waals surface area contributed by atoms with Gasteiger partial charge in [-0.2, -0.15) is 5.10 Å². The van der Waals surface area contributed by atoms with Crippen LogP contribution in [0.4, 0.5) is 5.69 Å². The van der Waals surface area contributed by atoms with Crippen LogP contribution >= 0.6 is 0 Å². The number of anilines is 1. The average molecular weight is 191 g/mol. The Hall–Kier alpha value is -1.51. The highest BCUT2D eigenvalue weighted by Crippen LogP contribution is 2.15. The smallest absolute Gasteiger partial charge is 0.0829 e. The molecule has 0 radical (unpaired) electrons. The minimum atomic E-state index is 0.909. The molecule has 1 aromatic rings. The van der Waals surface area contributed by atoms with Gasteiger partial charge in [0.05, 0.1) is 23.3 Å². The molecule has 1 heterocycles. The lowest BCUT2D eigenvalue weighted by atomic mass is 10.4. The van der Waals surface area contributed by atoms with E-state index in [2.05, 4.69) is 23.9 Å². The largest absolute Gasteiger partial charge is 0.383 e. The maximum Gasteiger partial charge on any atom is 0.0829 e. The molecule has 0 amide bonds. The lowest BCUT2D eigenvalue weighted by molar-refractivity contribution is 0.888. The van der Waals surface area contributed by atoms with Crippen LogP contribution in [0.1, 0.15) is 19.5 Å². The summed E-state index contributed by atoms with van der Waals surface area (Å²) in [5.41, 5.74) is 3.08. The number of aromatic nitrogens is 2. The Kier molecular flexibility index (Phi) is 3.51. The molecule has 3 nitrogen and oxygen atoms in total. The fraction of sp³-hybridized carbons (Fsp3) is 0.364. The molecule has 14 heavy (non-hydrogen) atoms. The molecular formula is C11H17N3. The molecule has 1 aromatic heterocycles. The lowest BCUT2D eigenvalue weighted by Gasteiger charge is -1.99. The van der Waals surface area contributed by atoms with Crippen molar-refractivity contribution in [3.05, 3.63) is 30.6 Å². The van der Waals surface area contributed by atoms with E-state index in [1.807, 2.05) is 30.8 Å². The highest BCUT2D eigenvalue weighted by Gasteiger charge is 2.04. The van der Waals surface area contributed by atoms with E-state index >= 15 is 0 Å². The van der Waals surface area contributed by atoms with E-state index in [1.54, 1.807) is 6.08 Å². The predicted octanol–water partition coefficient (Wildman–Crippen LogP) is 2.67. The van der Waals surface area contributed by atoms with Crippen LogP contribution in [0, 0.1) is 6.92 Å². The maximum atomic E-state index is 4.39. The summed E-state index contributed by atoms with van der Waals surface area (Å²) in [6.07, 6.45) is 5.76. The van der Waals surface area contributed by atoms with Gasteiger partial charge in [0, 0.05) is 6.54 Å². The van der Waals surface area contributed by atoms with E-state index in [1.165, 1.54) is 0 Å². The summed E-state index contributed by atoms with van der Waals surface area (Å²) in [4.78, 5) is 0. The average Bonchev–Trinajstić information content (AvgIpc) is 2.51. The Balaban J connectivity index is 3.01. The molecule has 0 bridgehead atoms. The SMILES string of the molecule is C=CC(=CC)n1cc(NCC)c(C)n1. The summed E-state index contributed by atoms with van der Waals surface area (Å²) in [6.45, 7) is 10.7. The molecule has 0 spiro atoms. The fourth-order valence-corrected chi connectivity index (χ4v) is 1.30. The van der Waals surface area contributed by atoms with E-state index in [0.29, 0.717) is 0 Å².